The lowest BCUT2D eigenvalue weighted by molar-refractivity contribution is 0.617. The van der Waals surface area contributed by atoms with Crippen LogP contribution in [0.2, 0.25) is 0 Å². The first-order valence-electron chi connectivity index (χ1n) is 14.8. The molecule has 0 aliphatic carbocycles. The fourth-order valence-corrected chi connectivity index (χ4v) is 6.06. The first-order valence-corrected chi connectivity index (χ1v) is 14.8. The molecule has 0 radical (unpaired) electrons. The molecule has 45 heavy (non-hydrogen) atoms. The topological polar surface area (TPSA) is 77.6 Å². The summed E-state index contributed by atoms with van der Waals surface area (Å²) in [7, 11) is 0. The Morgan fingerprint density at radius 1 is 0.467 bits per heavy atom. The number of para-hydroxylation sites is 2. The van der Waals surface area contributed by atoms with Crippen molar-refractivity contribution in [3.05, 3.63) is 140 Å². The smallest absolute Gasteiger partial charge is 0.247 e. The maximum absolute atomic E-state index is 6.21. The maximum Gasteiger partial charge on any atom is 0.247 e. The molecule has 0 aliphatic heterocycles. The van der Waals surface area contributed by atoms with Gasteiger partial charge in [-0.15, -0.1) is 0 Å². The predicted octanol–water partition coefficient (Wildman–Crippen LogP) is 9.54. The van der Waals surface area contributed by atoms with Crippen molar-refractivity contribution in [1.29, 1.82) is 0 Å². The van der Waals surface area contributed by atoms with Crippen molar-refractivity contribution >= 4 is 43.8 Å². The third kappa shape index (κ3) is 4.31. The standard InChI is InChI=1S/C39H23N5O/c1-2-11-24(12-3-1)36-37(43-32-18-9-8-17-31(32)42-36)33-22-26(23-34(41-33)39-44-38-35(45-39)19-10-20-40-38)30-21-25-13-4-5-14-27(25)28-15-6-7-16-29(28)30/h1-23H. The quantitative estimate of drug-likeness (QED) is 0.194. The Labute approximate surface area is 257 Å². The number of hydrogen-bond donors (Lipinski definition) is 0. The zero-order chi connectivity index (χ0) is 29.7. The molecule has 9 aromatic rings. The van der Waals surface area contributed by atoms with Crippen LogP contribution in [0.1, 0.15) is 0 Å². The van der Waals surface area contributed by atoms with Crippen LogP contribution in [0.5, 0.6) is 0 Å². The molecule has 0 spiro atoms. The van der Waals surface area contributed by atoms with Gasteiger partial charge in [0.15, 0.2) is 11.2 Å². The molecule has 0 bridgehead atoms. The normalized spacial score (nSPS) is 11.6. The first-order chi connectivity index (χ1) is 22.3. The third-order valence-corrected chi connectivity index (χ3v) is 8.15. The summed E-state index contributed by atoms with van der Waals surface area (Å²) in [5.41, 5.74) is 8.47. The van der Waals surface area contributed by atoms with Crippen LogP contribution in [0, 0.1) is 0 Å². The highest BCUT2D eigenvalue weighted by atomic mass is 16.3. The van der Waals surface area contributed by atoms with Gasteiger partial charge in [-0.3, -0.25) is 0 Å². The molecule has 6 heteroatoms. The average Bonchev–Trinajstić information content (AvgIpc) is 3.56. The van der Waals surface area contributed by atoms with E-state index in [1.165, 1.54) is 10.8 Å². The SMILES string of the molecule is c1ccc(-c2nc3ccccc3nc2-c2cc(-c3cc4ccccc4c4ccccc34)cc(-c3nc4ncccc4o3)n2)cc1. The molecule has 5 aromatic carbocycles. The van der Waals surface area contributed by atoms with Crippen molar-refractivity contribution in [3.63, 3.8) is 0 Å². The Bertz CT molecular complexity index is 2520. The van der Waals surface area contributed by atoms with Gasteiger partial charge in [-0.25, -0.2) is 19.9 Å². The average molecular weight is 578 g/mol. The number of aromatic nitrogens is 5. The molecule has 9 rings (SSSR count). The van der Waals surface area contributed by atoms with Crippen LogP contribution in [0.3, 0.4) is 0 Å². The van der Waals surface area contributed by atoms with E-state index in [0.29, 0.717) is 34.2 Å². The molecule has 0 saturated heterocycles. The van der Waals surface area contributed by atoms with Crippen molar-refractivity contribution in [1.82, 2.24) is 24.9 Å². The Morgan fingerprint density at radius 3 is 1.98 bits per heavy atom. The van der Waals surface area contributed by atoms with Crippen LogP contribution in [0.4, 0.5) is 0 Å². The summed E-state index contributed by atoms with van der Waals surface area (Å²) in [6.07, 6.45) is 1.71. The molecule has 0 unspecified atom stereocenters. The summed E-state index contributed by atoms with van der Waals surface area (Å²) in [6.45, 7) is 0. The lowest BCUT2D eigenvalue weighted by Gasteiger charge is -2.14. The van der Waals surface area contributed by atoms with Crippen LogP contribution in [-0.2, 0) is 0 Å². The van der Waals surface area contributed by atoms with Gasteiger partial charge in [0, 0.05) is 11.8 Å². The molecule has 0 amide bonds. The number of fused-ring (bicyclic) bond motifs is 5. The molecule has 0 fully saturated rings. The largest absolute Gasteiger partial charge is 0.433 e. The highest BCUT2D eigenvalue weighted by molar-refractivity contribution is 6.14. The number of benzene rings is 5. The van der Waals surface area contributed by atoms with E-state index < -0.39 is 0 Å². The summed E-state index contributed by atoms with van der Waals surface area (Å²) in [5.74, 6) is 0.395. The molecule has 0 saturated carbocycles. The number of nitrogens with zero attached hydrogens (tertiary/aromatic N) is 5. The van der Waals surface area contributed by atoms with Gasteiger partial charge in [0.25, 0.3) is 0 Å². The highest BCUT2D eigenvalue weighted by Gasteiger charge is 2.20. The van der Waals surface area contributed by atoms with E-state index in [0.717, 1.165) is 44.2 Å². The van der Waals surface area contributed by atoms with Crippen molar-refractivity contribution in [3.8, 4) is 45.4 Å². The van der Waals surface area contributed by atoms with E-state index in [1.54, 1.807) is 6.20 Å². The zero-order valence-corrected chi connectivity index (χ0v) is 23.9. The molecule has 210 valence electrons. The minimum atomic E-state index is 0.395. The van der Waals surface area contributed by atoms with E-state index in [1.807, 2.05) is 60.7 Å². The number of oxazole rings is 1. The molecular weight excluding hydrogens is 554 g/mol. The fourth-order valence-electron chi connectivity index (χ4n) is 6.06. The molecule has 0 aliphatic rings. The van der Waals surface area contributed by atoms with Crippen LogP contribution in [0.15, 0.2) is 144 Å². The summed E-state index contributed by atoms with van der Waals surface area (Å²) < 4.78 is 6.21. The van der Waals surface area contributed by atoms with E-state index in [9.17, 15) is 0 Å². The minimum absolute atomic E-state index is 0.395. The monoisotopic (exact) mass is 577 g/mol. The maximum atomic E-state index is 6.21. The van der Waals surface area contributed by atoms with Crippen LogP contribution in [0.25, 0.3) is 89.2 Å². The predicted molar refractivity (Wildman–Crippen MR) is 179 cm³/mol. The minimum Gasteiger partial charge on any atom is -0.433 e. The third-order valence-electron chi connectivity index (χ3n) is 8.15. The van der Waals surface area contributed by atoms with Crippen LogP contribution in [-0.4, -0.2) is 24.9 Å². The molecule has 4 heterocycles. The van der Waals surface area contributed by atoms with Crippen LogP contribution < -0.4 is 0 Å². The Balaban J connectivity index is 1.37. The van der Waals surface area contributed by atoms with E-state index >= 15 is 0 Å². The lowest BCUT2D eigenvalue weighted by atomic mass is 9.92. The summed E-state index contributed by atoms with van der Waals surface area (Å²) in [4.78, 5) is 24.5. The van der Waals surface area contributed by atoms with Crippen molar-refractivity contribution in [2.75, 3.05) is 0 Å². The summed E-state index contributed by atoms with van der Waals surface area (Å²) in [6, 6.07) is 45.2. The highest BCUT2D eigenvalue weighted by Crippen LogP contribution is 2.39. The van der Waals surface area contributed by atoms with E-state index in [2.05, 4.69) is 77.8 Å². The Hall–Kier alpha value is -6.27. The van der Waals surface area contributed by atoms with Crippen LogP contribution >= 0.6 is 0 Å². The van der Waals surface area contributed by atoms with Gasteiger partial charge in [-0.2, -0.15) is 4.98 Å². The number of hydrogen-bond acceptors (Lipinski definition) is 6. The Morgan fingerprint density at radius 2 is 1.16 bits per heavy atom. The van der Waals surface area contributed by atoms with E-state index in [4.69, 9.17) is 24.4 Å². The lowest BCUT2D eigenvalue weighted by Crippen LogP contribution is -1.99. The molecule has 0 N–H and O–H groups in total. The first kappa shape index (κ1) is 25.2. The summed E-state index contributed by atoms with van der Waals surface area (Å²) in [5, 5.41) is 4.70. The molecule has 0 atom stereocenters. The van der Waals surface area contributed by atoms with Gasteiger partial charge in [0.2, 0.25) is 5.89 Å². The second-order valence-electron chi connectivity index (χ2n) is 10.9. The van der Waals surface area contributed by atoms with Gasteiger partial charge in [0.1, 0.15) is 11.4 Å². The number of pyridine rings is 2. The fraction of sp³-hybridized carbons (Fsp3) is 0. The van der Waals surface area contributed by atoms with Gasteiger partial charge in [-0.05, 0) is 75.1 Å². The van der Waals surface area contributed by atoms with Gasteiger partial charge < -0.3 is 4.42 Å². The van der Waals surface area contributed by atoms with Crippen molar-refractivity contribution in [2.24, 2.45) is 0 Å². The molecular formula is C39H23N5O. The van der Waals surface area contributed by atoms with Crippen molar-refractivity contribution < 1.29 is 4.42 Å². The van der Waals surface area contributed by atoms with Crippen molar-refractivity contribution in [2.45, 2.75) is 0 Å². The second kappa shape index (κ2) is 10.2. The summed E-state index contributed by atoms with van der Waals surface area (Å²) >= 11 is 0. The van der Waals surface area contributed by atoms with E-state index in [-0.39, 0.29) is 0 Å². The molecule has 4 aromatic heterocycles. The van der Waals surface area contributed by atoms with Gasteiger partial charge in [-0.1, -0.05) is 91.0 Å². The van der Waals surface area contributed by atoms with Gasteiger partial charge >= 0.3 is 0 Å². The zero-order valence-electron chi connectivity index (χ0n) is 23.9. The second-order valence-corrected chi connectivity index (χ2v) is 10.9. The number of rotatable bonds is 4. The van der Waals surface area contributed by atoms with Gasteiger partial charge in [0.05, 0.1) is 22.4 Å². The molecule has 6 nitrogen and oxygen atoms in total. The Kier molecular flexibility index (Phi) is 5.71.